The van der Waals surface area contributed by atoms with Gasteiger partial charge in [-0.15, -0.1) is 11.8 Å². The van der Waals surface area contributed by atoms with Gasteiger partial charge in [0.15, 0.2) is 5.75 Å². The molecule has 6 nitrogen and oxygen atoms in total. The van der Waals surface area contributed by atoms with Crippen LogP contribution in [0.25, 0.3) is 0 Å². The van der Waals surface area contributed by atoms with Gasteiger partial charge in [0, 0.05) is 5.75 Å². The second-order valence-corrected chi connectivity index (χ2v) is 3.62. The summed E-state index contributed by atoms with van der Waals surface area (Å²) in [5.41, 5.74) is 3.43. The van der Waals surface area contributed by atoms with E-state index in [0.717, 1.165) is 11.8 Å². The van der Waals surface area contributed by atoms with Crippen molar-refractivity contribution in [2.45, 2.75) is 10.9 Å². The number of aliphatic carboxylic acids is 1. The molecule has 7 heteroatoms. The highest BCUT2D eigenvalue weighted by atomic mass is 32.2. The predicted molar refractivity (Wildman–Crippen MR) is 49.4 cm³/mol. The third-order valence-electron chi connectivity index (χ3n) is 1.57. The molecule has 14 heavy (non-hydrogen) atoms. The standard InChI is InChI=1S/C7H7NO5S/c8-2(7(12)13)1-14-6-4(10)3(9)5(6)11/h2,10H,1,8H2,(H,12,13). The molecule has 0 fully saturated rings. The van der Waals surface area contributed by atoms with Gasteiger partial charge in [0.05, 0.1) is 0 Å². The van der Waals surface area contributed by atoms with Crippen LogP contribution in [0.3, 0.4) is 0 Å². The van der Waals surface area contributed by atoms with Crippen LogP contribution in [-0.2, 0) is 4.79 Å². The minimum Gasteiger partial charge on any atom is -0.503 e. The Morgan fingerprint density at radius 3 is 2.43 bits per heavy atom. The molecule has 0 spiro atoms. The monoisotopic (exact) mass is 217 g/mol. The van der Waals surface area contributed by atoms with Gasteiger partial charge in [0.25, 0.3) is 5.43 Å². The fourth-order valence-corrected chi connectivity index (χ4v) is 1.68. The Morgan fingerprint density at radius 2 is 2.00 bits per heavy atom. The third-order valence-corrected chi connectivity index (χ3v) is 2.76. The molecule has 0 saturated carbocycles. The van der Waals surface area contributed by atoms with E-state index in [0.29, 0.717) is 0 Å². The molecule has 1 aromatic carbocycles. The molecule has 1 aromatic rings. The van der Waals surface area contributed by atoms with Gasteiger partial charge in [0.1, 0.15) is 10.9 Å². The fraction of sp³-hybridized carbons (Fsp3) is 0.286. The molecule has 0 aliphatic heterocycles. The van der Waals surface area contributed by atoms with E-state index in [1.54, 1.807) is 0 Å². The Balaban J connectivity index is 2.61. The van der Waals surface area contributed by atoms with Crippen LogP contribution in [0.5, 0.6) is 5.75 Å². The lowest BCUT2D eigenvalue weighted by Crippen LogP contribution is -2.35. The number of hydrogen-bond donors (Lipinski definition) is 3. The molecule has 76 valence electrons. The number of nitrogens with two attached hydrogens (primary N) is 1. The molecular formula is C7H7NO5S. The van der Waals surface area contributed by atoms with Crippen molar-refractivity contribution < 1.29 is 15.0 Å². The van der Waals surface area contributed by atoms with Gasteiger partial charge in [-0.3, -0.25) is 14.4 Å². The Hall–Kier alpha value is -1.34. The first-order valence-corrected chi connectivity index (χ1v) is 4.57. The zero-order valence-electron chi connectivity index (χ0n) is 6.89. The molecule has 1 rings (SSSR count). The van der Waals surface area contributed by atoms with Gasteiger partial charge in [-0.05, 0) is 0 Å². The quantitative estimate of drug-likeness (QED) is 0.414. The maximum atomic E-state index is 10.8. The van der Waals surface area contributed by atoms with E-state index in [9.17, 15) is 14.4 Å². The summed E-state index contributed by atoms with van der Waals surface area (Å²) >= 11 is 0.773. The van der Waals surface area contributed by atoms with Crippen molar-refractivity contribution in [3.8, 4) is 5.75 Å². The van der Waals surface area contributed by atoms with Gasteiger partial charge in [-0.2, -0.15) is 0 Å². The molecule has 1 unspecified atom stereocenters. The van der Waals surface area contributed by atoms with Crippen molar-refractivity contribution in [1.82, 2.24) is 0 Å². The molecule has 0 saturated heterocycles. The smallest absolute Gasteiger partial charge is 0.321 e. The highest BCUT2D eigenvalue weighted by Gasteiger charge is 2.22. The summed E-state index contributed by atoms with van der Waals surface area (Å²) in [6.07, 6.45) is 0. The fourth-order valence-electron chi connectivity index (χ4n) is 0.737. The number of carboxylic acids is 1. The average molecular weight is 217 g/mol. The minimum absolute atomic E-state index is 0.0618. The molecule has 4 N–H and O–H groups in total. The lowest BCUT2D eigenvalue weighted by atomic mass is 10.3. The maximum absolute atomic E-state index is 10.8. The first kappa shape index (κ1) is 10.7. The Morgan fingerprint density at radius 1 is 1.43 bits per heavy atom. The number of thioether (sulfide) groups is 1. The molecule has 0 heterocycles. The van der Waals surface area contributed by atoms with E-state index in [1.165, 1.54) is 0 Å². The lowest BCUT2D eigenvalue weighted by Gasteiger charge is -2.07. The largest absolute Gasteiger partial charge is 0.503 e. The topological polar surface area (TPSA) is 118 Å². The van der Waals surface area contributed by atoms with Gasteiger partial charge >= 0.3 is 5.97 Å². The van der Waals surface area contributed by atoms with Crippen LogP contribution < -0.4 is 16.6 Å². The van der Waals surface area contributed by atoms with Crippen molar-refractivity contribution in [2.24, 2.45) is 5.73 Å². The third kappa shape index (κ3) is 1.78. The van der Waals surface area contributed by atoms with Crippen LogP contribution in [-0.4, -0.2) is 28.0 Å². The highest BCUT2D eigenvalue weighted by molar-refractivity contribution is 7.99. The van der Waals surface area contributed by atoms with E-state index < -0.39 is 28.6 Å². The average Bonchev–Trinajstić information content (AvgIpc) is 2.16. The molecule has 0 amide bonds. The Kier molecular flexibility index (Phi) is 2.92. The van der Waals surface area contributed by atoms with E-state index in [1.807, 2.05) is 0 Å². The zero-order valence-corrected chi connectivity index (χ0v) is 7.71. The number of hydrogen-bond acceptors (Lipinski definition) is 6. The van der Waals surface area contributed by atoms with E-state index in [-0.39, 0.29) is 10.6 Å². The molecule has 0 aliphatic rings. The van der Waals surface area contributed by atoms with Crippen LogP contribution in [0.1, 0.15) is 0 Å². The molecular weight excluding hydrogens is 210 g/mol. The van der Waals surface area contributed by atoms with E-state index in [2.05, 4.69) is 0 Å². The Labute approximate surface area is 82.0 Å². The van der Waals surface area contributed by atoms with Crippen LogP contribution in [0, 0.1) is 0 Å². The second kappa shape index (κ2) is 3.81. The highest BCUT2D eigenvalue weighted by Crippen LogP contribution is 2.23. The number of rotatable bonds is 4. The van der Waals surface area contributed by atoms with Gasteiger partial charge in [0.2, 0.25) is 5.43 Å². The molecule has 0 radical (unpaired) electrons. The van der Waals surface area contributed by atoms with Crippen LogP contribution >= 0.6 is 11.8 Å². The second-order valence-electron chi connectivity index (χ2n) is 2.59. The SMILES string of the molecule is NC(CSc1c(O)c(=O)c1=O)C(=O)O. The normalized spacial score (nSPS) is 12.9. The molecule has 0 bridgehead atoms. The predicted octanol–water partition coefficient (Wildman–Crippen LogP) is -1.51. The van der Waals surface area contributed by atoms with Gasteiger partial charge in [-0.25, -0.2) is 0 Å². The number of carboxylic acid groups (broad SMARTS) is 1. The van der Waals surface area contributed by atoms with Crippen molar-refractivity contribution in [3.05, 3.63) is 20.4 Å². The van der Waals surface area contributed by atoms with Crippen molar-refractivity contribution in [2.75, 3.05) is 5.75 Å². The van der Waals surface area contributed by atoms with Crippen LogP contribution in [0.4, 0.5) is 0 Å². The lowest BCUT2D eigenvalue weighted by molar-refractivity contribution is -0.137. The Bertz CT molecular complexity index is 433. The molecule has 0 aromatic heterocycles. The van der Waals surface area contributed by atoms with Gasteiger partial charge in [-0.1, -0.05) is 0 Å². The number of carbonyl (C=O) groups is 1. The van der Waals surface area contributed by atoms with Crippen molar-refractivity contribution >= 4 is 17.7 Å². The van der Waals surface area contributed by atoms with E-state index >= 15 is 0 Å². The summed E-state index contributed by atoms with van der Waals surface area (Å²) in [4.78, 5) is 31.5. The van der Waals surface area contributed by atoms with Crippen molar-refractivity contribution in [3.63, 3.8) is 0 Å². The zero-order chi connectivity index (χ0) is 10.9. The minimum atomic E-state index is -1.20. The number of aromatic hydroxyl groups is 1. The van der Waals surface area contributed by atoms with Crippen molar-refractivity contribution in [1.29, 1.82) is 0 Å². The van der Waals surface area contributed by atoms with E-state index in [4.69, 9.17) is 15.9 Å². The summed E-state index contributed by atoms with van der Waals surface area (Å²) in [5.74, 6) is -1.86. The molecule has 1 atom stereocenters. The van der Waals surface area contributed by atoms with Gasteiger partial charge < -0.3 is 15.9 Å². The summed E-state index contributed by atoms with van der Waals surface area (Å²) in [7, 11) is 0. The summed E-state index contributed by atoms with van der Waals surface area (Å²) in [5, 5.41) is 17.3. The first-order valence-electron chi connectivity index (χ1n) is 3.58. The summed E-state index contributed by atoms with van der Waals surface area (Å²) < 4.78 is 0. The van der Waals surface area contributed by atoms with Crippen LogP contribution in [0.2, 0.25) is 0 Å². The first-order chi connectivity index (χ1) is 6.45. The maximum Gasteiger partial charge on any atom is 0.321 e. The summed E-state index contributed by atoms with van der Waals surface area (Å²) in [6, 6.07) is -1.12. The summed E-state index contributed by atoms with van der Waals surface area (Å²) in [6.45, 7) is 0. The molecule has 0 aliphatic carbocycles. The van der Waals surface area contributed by atoms with Crippen LogP contribution in [0.15, 0.2) is 14.5 Å².